The second-order valence-electron chi connectivity index (χ2n) is 7.72. The summed E-state index contributed by atoms with van der Waals surface area (Å²) in [5, 5.41) is 11.3. The number of nitrogens with one attached hydrogen (secondary N) is 1. The number of hydrogen-bond donors (Lipinski definition) is 2. The molecule has 1 fully saturated rings. The van der Waals surface area contributed by atoms with Gasteiger partial charge in [0.15, 0.2) is 11.5 Å². The molecule has 0 amide bonds. The quantitative estimate of drug-likeness (QED) is 0.498. The molecule has 1 unspecified atom stereocenters. The van der Waals surface area contributed by atoms with Gasteiger partial charge in [-0.25, -0.2) is 13.1 Å². The van der Waals surface area contributed by atoms with Gasteiger partial charge in [-0.3, -0.25) is 0 Å². The number of benzene rings is 2. The third-order valence-corrected chi connectivity index (χ3v) is 7.53. The van der Waals surface area contributed by atoms with E-state index in [-0.39, 0.29) is 17.5 Å². The van der Waals surface area contributed by atoms with Gasteiger partial charge in [0.05, 0.1) is 35.3 Å². The highest BCUT2D eigenvalue weighted by atomic mass is 35.5. The van der Waals surface area contributed by atoms with Crippen LogP contribution in [0.3, 0.4) is 0 Å². The van der Waals surface area contributed by atoms with Crippen LogP contribution in [0.4, 0.5) is 0 Å². The lowest BCUT2D eigenvalue weighted by Gasteiger charge is -2.33. The van der Waals surface area contributed by atoms with Crippen molar-refractivity contribution in [3.8, 4) is 17.2 Å². The zero-order chi connectivity index (χ0) is 24.0. The van der Waals surface area contributed by atoms with Crippen molar-refractivity contribution in [2.45, 2.75) is 29.9 Å². The van der Waals surface area contributed by atoms with Crippen molar-refractivity contribution in [1.29, 1.82) is 0 Å². The summed E-state index contributed by atoms with van der Waals surface area (Å²) in [6, 6.07) is 9.52. The van der Waals surface area contributed by atoms with Crippen LogP contribution in [0, 0.1) is 0 Å². The number of halogens is 2. The van der Waals surface area contributed by atoms with Crippen LogP contribution in [0.1, 0.15) is 12.8 Å². The first kappa shape index (κ1) is 25.9. The number of aliphatic hydroxyl groups excluding tert-OH is 1. The van der Waals surface area contributed by atoms with E-state index in [4.69, 9.17) is 37.4 Å². The Balaban J connectivity index is 1.45. The topological polar surface area (TPSA) is 97.3 Å². The molecule has 2 N–H and O–H groups in total. The van der Waals surface area contributed by atoms with E-state index >= 15 is 0 Å². The SMILES string of the molecule is COc1ccc(S(=O)(=O)NCC(O)CN2CCC(Oc3ccc(Cl)c(Cl)c3)CC2)cc1OC. The lowest BCUT2D eigenvalue weighted by Crippen LogP contribution is -2.45. The first-order chi connectivity index (χ1) is 15.7. The first-order valence-corrected chi connectivity index (χ1v) is 12.7. The summed E-state index contributed by atoms with van der Waals surface area (Å²) >= 11 is 12.0. The average molecular weight is 519 g/mol. The van der Waals surface area contributed by atoms with Crippen molar-refractivity contribution in [2.24, 2.45) is 0 Å². The number of likely N-dealkylation sites (tertiary alicyclic amines) is 1. The van der Waals surface area contributed by atoms with E-state index in [0.29, 0.717) is 33.8 Å². The zero-order valence-corrected chi connectivity index (χ0v) is 20.8. The van der Waals surface area contributed by atoms with E-state index in [1.165, 1.54) is 32.4 Å². The molecule has 3 rings (SSSR count). The van der Waals surface area contributed by atoms with E-state index in [1.54, 1.807) is 18.2 Å². The van der Waals surface area contributed by atoms with Gasteiger partial charge in [0.1, 0.15) is 11.9 Å². The second-order valence-corrected chi connectivity index (χ2v) is 10.3. The molecule has 0 aromatic heterocycles. The molecule has 0 saturated carbocycles. The molecule has 1 atom stereocenters. The van der Waals surface area contributed by atoms with E-state index in [9.17, 15) is 13.5 Å². The van der Waals surface area contributed by atoms with Crippen molar-refractivity contribution in [2.75, 3.05) is 40.4 Å². The van der Waals surface area contributed by atoms with E-state index in [1.807, 2.05) is 0 Å². The normalized spacial score (nSPS) is 16.4. The number of ether oxygens (including phenoxy) is 3. The van der Waals surface area contributed by atoms with Gasteiger partial charge in [-0.15, -0.1) is 0 Å². The summed E-state index contributed by atoms with van der Waals surface area (Å²) < 4.78 is 43.9. The van der Waals surface area contributed by atoms with Gasteiger partial charge in [0, 0.05) is 38.3 Å². The Bertz CT molecular complexity index is 1050. The molecule has 1 saturated heterocycles. The van der Waals surface area contributed by atoms with Crippen LogP contribution in [0.15, 0.2) is 41.3 Å². The van der Waals surface area contributed by atoms with Crippen molar-refractivity contribution in [1.82, 2.24) is 9.62 Å². The fraction of sp³-hybridized carbons (Fsp3) is 0.455. The minimum absolute atomic E-state index is 0.0348. The molecule has 182 valence electrons. The summed E-state index contributed by atoms with van der Waals surface area (Å²) in [4.78, 5) is 2.12. The van der Waals surface area contributed by atoms with Gasteiger partial charge < -0.3 is 24.2 Å². The zero-order valence-electron chi connectivity index (χ0n) is 18.5. The molecule has 1 heterocycles. The summed E-state index contributed by atoms with van der Waals surface area (Å²) in [5.74, 6) is 1.42. The summed E-state index contributed by atoms with van der Waals surface area (Å²) in [7, 11) is -0.898. The van der Waals surface area contributed by atoms with Crippen LogP contribution in [0.25, 0.3) is 0 Å². The van der Waals surface area contributed by atoms with Crippen molar-refractivity contribution >= 4 is 33.2 Å². The number of piperidine rings is 1. The predicted molar refractivity (Wildman–Crippen MR) is 127 cm³/mol. The Labute approximate surface area is 204 Å². The number of methoxy groups -OCH3 is 2. The lowest BCUT2D eigenvalue weighted by atomic mass is 10.1. The van der Waals surface area contributed by atoms with Gasteiger partial charge in [0.2, 0.25) is 10.0 Å². The summed E-state index contributed by atoms with van der Waals surface area (Å²) in [6.45, 7) is 1.71. The Morgan fingerprint density at radius 1 is 1.06 bits per heavy atom. The predicted octanol–water partition coefficient (Wildman–Crippen LogP) is 3.19. The van der Waals surface area contributed by atoms with E-state index in [2.05, 4.69) is 9.62 Å². The maximum Gasteiger partial charge on any atom is 0.240 e. The monoisotopic (exact) mass is 518 g/mol. The molecule has 33 heavy (non-hydrogen) atoms. The lowest BCUT2D eigenvalue weighted by molar-refractivity contribution is 0.0630. The van der Waals surface area contributed by atoms with Crippen LogP contribution in [-0.2, 0) is 10.0 Å². The number of sulfonamides is 1. The number of nitrogens with zero attached hydrogens (tertiary/aromatic N) is 1. The average Bonchev–Trinajstić information content (AvgIpc) is 2.81. The smallest absolute Gasteiger partial charge is 0.240 e. The van der Waals surface area contributed by atoms with Gasteiger partial charge in [-0.05, 0) is 37.1 Å². The fourth-order valence-electron chi connectivity index (χ4n) is 3.59. The highest BCUT2D eigenvalue weighted by Crippen LogP contribution is 2.30. The summed E-state index contributed by atoms with van der Waals surface area (Å²) in [6.07, 6.45) is 0.751. The molecular weight excluding hydrogens is 491 g/mol. The molecule has 0 bridgehead atoms. The van der Waals surface area contributed by atoms with Gasteiger partial charge in [-0.2, -0.15) is 0 Å². The first-order valence-electron chi connectivity index (χ1n) is 10.5. The van der Waals surface area contributed by atoms with Crippen LogP contribution >= 0.6 is 23.2 Å². The fourth-order valence-corrected chi connectivity index (χ4v) is 4.96. The highest BCUT2D eigenvalue weighted by Gasteiger charge is 2.24. The Morgan fingerprint density at radius 2 is 1.76 bits per heavy atom. The number of aliphatic hydroxyl groups is 1. The van der Waals surface area contributed by atoms with Crippen molar-refractivity contribution in [3.05, 3.63) is 46.4 Å². The van der Waals surface area contributed by atoms with Gasteiger partial charge >= 0.3 is 0 Å². The van der Waals surface area contributed by atoms with E-state index < -0.39 is 16.1 Å². The highest BCUT2D eigenvalue weighted by molar-refractivity contribution is 7.89. The largest absolute Gasteiger partial charge is 0.493 e. The van der Waals surface area contributed by atoms with Crippen molar-refractivity contribution in [3.63, 3.8) is 0 Å². The number of hydrogen-bond acceptors (Lipinski definition) is 7. The van der Waals surface area contributed by atoms with Crippen LogP contribution in [-0.4, -0.2) is 71.0 Å². The molecule has 2 aromatic rings. The standard InChI is InChI=1S/C22H28Cl2N2O6S/c1-30-21-6-4-18(12-22(21)31-2)33(28,29)25-13-15(27)14-26-9-7-16(8-10-26)32-17-3-5-19(23)20(24)11-17/h3-6,11-12,15-16,25,27H,7-10,13-14H2,1-2H3. The molecule has 8 nitrogen and oxygen atoms in total. The van der Waals surface area contributed by atoms with Gasteiger partial charge in [0.25, 0.3) is 0 Å². The Kier molecular flexibility index (Phi) is 9.09. The summed E-state index contributed by atoms with van der Waals surface area (Å²) in [5.41, 5.74) is 0. The number of β-amino-alcohol motifs (C(OH)–C–C–N with tert-alkyl or cyclic N) is 1. The molecule has 0 spiro atoms. The molecular formula is C22H28Cl2N2O6S. The maximum atomic E-state index is 12.6. The van der Waals surface area contributed by atoms with Gasteiger partial charge in [-0.1, -0.05) is 23.2 Å². The third kappa shape index (κ3) is 7.11. The maximum absolute atomic E-state index is 12.6. The molecule has 1 aliphatic rings. The molecule has 0 aliphatic carbocycles. The van der Waals surface area contributed by atoms with Crippen LogP contribution in [0.5, 0.6) is 17.2 Å². The molecule has 0 radical (unpaired) electrons. The third-order valence-electron chi connectivity index (χ3n) is 5.37. The second kappa shape index (κ2) is 11.6. The van der Waals surface area contributed by atoms with E-state index in [0.717, 1.165) is 25.9 Å². The minimum atomic E-state index is -3.81. The Morgan fingerprint density at radius 3 is 2.39 bits per heavy atom. The van der Waals surface area contributed by atoms with Crippen LogP contribution in [0.2, 0.25) is 10.0 Å². The molecule has 2 aromatic carbocycles. The van der Waals surface area contributed by atoms with Crippen molar-refractivity contribution < 1.29 is 27.7 Å². The van der Waals surface area contributed by atoms with Crippen LogP contribution < -0.4 is 18.9 Å². The number of rotatable bonds is 10. The Hall–Kier alpha value is -1.75. The minimum Gasteiger partial charge on any atom is -0.493 e. The molecule has 11 heteroatoms. The molecule has 1 aliphatic heterocycles.